The molecule has 1 aromatic carbocycles. The Balaban J connectivity index is 2.63. The first-order valence-corrected chi connectivity index (χ1v) is 5.12. The van der Waals surface area contributed by atoms with E-state index in [9.17, 15) is 13.8 Å². The molecule has 0 atom stereocenters. The molecule has 0 spiro atoms. The lowest BCUT2D eigenvalue weighted by molar-refractivity contribution is 0.272. The minimum Gasteiger partial charge on any atom is -0.423 e. The highest BCUT2D eigenvalue weighted by atomic mass is 79.9. The number of alkyl halides is 1. The third-order valence-electron chi connectivity index (χ3n) is 2.23. The number of fused-ring (bicyclic) bond motifs is 1. The highest BCUT2D eigenvalue weighted by molar-refractivity contribution is 9.08. The number of benzene rings is 1. The third-order valence-corrected chi connectivity index (χ3v) is 2.79. The van der Waals surface area contributed by atoms with E-state index in [1.54, 1.807) is 0 Å². The Bertz CT molecular complexity index is 386. The summed E-state index contributed by atoms with van der Waals surface area (Å²) in [5, 5.41) is 9.33. The average molecular weight is 263 g/mol. The minimum absolute atomic E-state index is 0.0113. The van der Waals surface area contributed by atoms with Crippen LogP contribution in [-0.2, 0) is 16.6 Å². The molecular weight excluding hydrogens is 257 g/mol. The largest absolute Gasteiger partial charge is 0.491 e. The summed E-state index contributed by atoms with van der Waals surface area (Å²) in [5.41, 5.74) is 0.402. The van der Waals surface area contributed by atoms with Gasteiger partial charge in [0.25, 0.3) is 0 Å². The number of hydrogen-bond acceptors (Lipinski definition) is 2. The maximum atomic E-state index is 13.5. The second-order valence-corrected chi connectivity index (χ2v) is 3.58. The average Bonchev–Trinajstić information content (AvgIpc) is 2.49. The van der Waals surface area contributed by atoms with Gasteiger partial charge in [-0.2, -0.15) is 0 Å². The van der Waals surface area contributed by atoms with Crippen molar-refractivity contribution >= 4 is 28.5 Å². The Hall–Kier alpha value is -0.455. The molecule has 0 unspecified atom stereocenters. The topological polar surface area (TPSA) is 29.5 Å². The summed E-state index contributed by atoms with van der Waals surface area (Å²) in [5.74, 6) is -1.30. The Labute approximate surface area is 88.2 Å². The second-order valence-electron chi connectivity index (χ2n) is 3.02. The van der Waals surface area contributed by atoms with Crippen LogP contribution >= 0.6 is 15.9 Å². The molecule has 0 radical (unpaired) electrons. The van der Waals surface area contributed by atoms with Crippen molar-refractivity contribution in [2.45, 2.75) is 11.9 Å². The minimum atomic E-state index is -1.21. The Kier molecular flexibility index (Phi) is 2.59. The molecule has 14 heavy (non-hydrogen) atoms. The fourth-order valence-electron chi connectivity index (χ4n) is 1.47. The van der Waals surface area contributed by atoms with Crippen molar-refractivity contribution in [3.05, 3.63) is 28.8 Å². The van der Waals surface area contributed by atoms with E-state index in [2.05, 4.69) is 15.9 Å². The lowest BCUT2D eigenvalue weighted by Gasteiger charge is -2.05. The molecular formula is C8H6BBrF2O2. The van der Waals surface area contributed by atoms with E-state index in [1.165, 1.54) is 0 Å². The quantitative estimate of drug-likeness (QED) is 0.606. The van der Waals surface area contributed by atoms with Gasteiger partial charge in [-0.3, -0.25) is 0 Å². The van der Waals surface area contributed by atoms with Gasteiger partial charge >= 0.3 is 7.12 Å². The number of halogens is 3. The summed E-state index contributed by atoms with van der Waals surface area (Å²) in [4.78, 5) is 0. The Morgan fingerprint density at radius 2 is 2.29 bits per heavy atom. The zero-order chi connectivity index (χ0) is 10.3. The van der Waals surface area contributed by atoms with Crippen LogP contribution in [0.25, 0.3) is 0 Å². The van der Waals surface area contributed by atoms with Gasteiger partial charge in [-0.1, -0.05) is 15.9 Å². The second kappa shape index (κ2) is 3.60. The molecule has 6 heteroatoms. The molecule has 2 rings (SSSR count). The molecule has 1 aliphatic heterocycles. The van der Waals surface area contributed by atoms with E-state index < -0.39 is 18.8 Å². The molecule has 0 saturated carbocycles. The standard InChI is InChI=1S/C8H6BBrF2O2/c10-2-4-7(11)1-6-5(8(4)12)3-14-9(6)13/h1,13H,2-3H2. The maximum absolute atomic E-state index is 13.5. The third kappa shape index (κ3) is 1.38. The van der Waals surface area contributed by atoms with Crippen LogP contribution in [0.2, 0.25) is 0 Å². The van der Waals surface area contributed by atoms with Gasteiger partial charge in [-0.05, 0) is 11.5 Å². The van der Waals surface area contributed by atoms with Crippen LogP contribution in [0, 0.1) is 11.6 Å². The van der Waals surface area contributed by atoms with Gasteiger partial charge in [0.1, 0.15) is 11.6 Å². The van der Waals surface area contributed by atoms with Crippen LogP contribution in [0.5, 0.6) is 0 Å². The Morgan fingerprint density at radius 3 is 2.93 bits per heavy atom. The molecule has 1 aromatic rings. The van der Waals surface area contributed by atoms with E-state index in [-0.39, 0.29) is 28.5 Å². The summed E-state index contributed by atoms with van der Waals surface area (Å²) in [6.45, 7) is -0.0113. The van der Waals surface area contributed by atoms with Crippen LogP contribution in [0.1, 0.15) is 11.1 Å². The van der Waals surface area contributed by atoms with Crippen molar-refractivity contribution in [1.82, 2.24) is 0 Å². The van der Waals surface area contributed by atoms with Gasteiger partial charge in [0, 0.05) is 16.5 Å². The molecule has 1 heterocycles. The van der Waals surface area contributed by atoms with Crippen molar-refractivity contribution < 1.29 is 18.5 Å². The molecule has 1 N–H and O–H groups in total. The van der Waals surface area contributed by atoms with Crippen molar-refractivity contribution in [2.75, 3.05) is 0 Å². The summed E-state index contributed by atoms with van der Waals surface area (Å²) in [6.07, 6.45) is 0. The van der Waals surface area contributed by atoms with Crippen molar-refractivity contribution in [2.24, 2.45) is 0 Å². The molecule has 0 aliphatic carbocycles. The van der Waals surface area contributed by atoms with Gasteiger partial charge in [0.15, 0.2) is 0 Å². The van der Waals surface area contributed by atoms with Crippen molar-refractivity contribution in [3.63, 3.8) is 0 Å². The molecule has 0 amide bonds. The van der Waals surface area contributed by atoms with Gasteiger partial charge in [0.2, 0.25) is 0 Å². The maximum Gasteiger partial charge on any atom is 0.491 e. The fourth-order valence-corrected chi connectivity index (χ4v) is 1.98. The Morgan fingerprint density at radius 1 is 1.57 bits per heavy atom. The van der Waals surface area contributed by atoms with Gasteiger partial charge in [0.05, 0.1) is 6.61 Å². The molecule has 0 aromatic heterocycles. The summed E-state index contributed by atoms with van der Waals surface area (Å²) in [7, 11) is -1.21. The summed E-state index contributed by atoms with van der Waals surface area (Å²) < 4.78 is 31.6. The number of hydrogen-bond donors (Lipinski definition) is 1. The number of rotatable bonds is 1. The van der Waals surface area contributed by atoms with E-state index in [0.29, 0.717) is 0 Å². The fraction of sp³-hybridized carbons (Fsp3) is 0.250. The monoisotopic (exact) mass is 262 g/mol. The molecule has 0 saturated heterocycles. The smallest absolute Gasteiger partial charge is 0.423 e. The summed E-state index contributed by atoms with van der Waals surface area (Å²) in [6, 6.07) is 1.12. The van der Waals surface area contributed by atoms with E-state index >= 15 is 0 Å². The van der Waals surface area contributed by atoms with Gasteiger partial charge < -0.3 is 9.68 Å². The highest BCUT2D eigenvalue weighted by Gasteiger charge is 2.32. The van der Waals surface area contributed by atoms with Gasteiger partial charge in [-0.15, -0.1) is 0 Å². The molecule has 1 aliphatic rings. The van der Waals surface area contributed by atoms with Crippen LogP contribution < -0.4 is 5.46 Å². The van der Waals surface area contributed by atoms with Crippen molar-refractivity contribution in [1.29, 1.82) is 0 Å². The lowest BCUT2D eigenvalue weighted by atomic mass is 9.79. The first-order chi connectivity index (χ1) is 6.65. The van der Waals surface area contributed by atoms with E-state index in [0.717, 1.165) is 6.07 Å². The zero-order valence-electron chi connectivity index (χ0n) is 7.06. The van der Waals surface area contributed by atoms with E-state index in [1.807, 2.05) is 0 Å². The lowest BCUT2D eigenvalue weighted by Crippen LogP contribution is -2.29. The van der Waals surface area contributed by atoms with Crippen molar-refractivity contribution in [3.8, 4) is 0 Å². The van der Waals surface area contributed by atoms with Gasteiger partial charge in [-0.25, -0.2) is 8.78 Å². The van der Waals surface area contributed by atoms with Crippen LogP contribution in [0.3, 0.4) is 0 Å². The van der Waals surface area contributed by atoms with E-state index in [4.69, 9.17) is 4.65 Å². The van der Waals surface area contributed by atoms with Crippen LogP contribution in [-0.4, -0.2) is 12.1 Å². The first kappa shape index (κ1) is 10.1. The predicted octanol–water partition coefficient (Wildman–Crippen LogP) is 1.08. The zero-order valence-corrected chi connectivity index (χ0v) is 8.64. The molecule has 0 fully saturated rings. The summed E-state index contributed by atoms with van der Waals surface area (Å²) >= 11 is 3.00. The first-order valence-electron chi connectivity index (χ1n) is 4.00. The highest BCUT2D eigenvalue weighted by Crippen LogP contribution is 2.22. The molecule has 0 bridgehead atoms. The normalized spacial score (nSPS) is 14.7. The SMILES string of the molecule is OB1OCc2c1cc(F)c(CBr)c2F. The van der Waals surface area contributed by atoms with Crippen LogP contribution in [0.15, 0.2) is 6.07 Å². The molecule has 74 valence electrons. The predicted molar refractivity (Wildman–Crippen MR) is 51.4 cm³/mol. The van der Waals surface area contributed by atoms with Crippen LogP contribution in [0.4, 0.5) is 8.78 Å². The molecule has 2 nitrogen and oxygen atoms in total.